The molecular formula is C13H16F3NO. The first-order valence-corrected chi connectivity index (χ1v) is 5.86. The molecule has 0 bridgehead atoms. The summed E-state index contributed by atoms with van der Waals surface area (Å²) in [5.41, 5.74) is -0.797. The van der Waals surface area contributed by atoms with Crippen LogP contribution in [0.4, 0.5) is 18.9 Å². The summed E-state index contributed by atoms with van der Waals surface area (Å²) in [5.74, 6) is 0. The van der Waals surface area contributed by atoms with Gasteiger partial charge in [0, 0.05) is 24.3 Å². The third kappa shape index (κ3) is 3.03. The van der Waals surface area contributed by atoms with Crippen molar-refractivity contribution >= 4 is 12.0 Å². The molecular weight excluding hydrogens is 243 g/mol. The van der Waals surface area contributed by atoms with Crippen LogP contribution in [0.2, 0.25) is 0 Å². The molecule has 0 atom stereocenters. The molecule has 2 nitrogen and oxygen atoms in total. The Hall–Kier alpha value is -1.52. The molecule has 0 saturated carbocycles. The van der Waals surface area contributed by atoms with Gasteiger partial charge in [0.2, 0.25) is 0 Å². The van der Waals surface area contributed by atoms with Crippen LogP contribution >= 0.6 is 0 Å². The van der Waals surface area contributed by atoms with Gasteiger partial charge in [-0.3, -0.25) is 4.79 Å². The van der Waals surface area contributed by atoms with Crippen molar-refractivity contribution in [2.24, 2.45) is 0 Å². The molecule has 0 heterocycles. The van der Waals surface area contributed by atoms with Gasteiger partial charge in [0.15, 0.2) is 6.29 Å². The second-order valence-electron chi connectivity index (χ2n) is 3.93. The lowest BCUT2D eigenvalue weighted by atomic mass is 10.0. The average Bonchev–Trinajstić information content (AvgIpc) is 2.34. The van der Waals surface area contributed by atoms with Gasteiger partial charge >= 0.3 is 6.18 Å². The normalized spacial score (nSPS) is 11.4. The summed E-state index contributed by atoms with van der Waals surface area (Å²) in [4.78, 5) is 12.8. The highest BCUT2D eigenvalue weighted by Crippen LogP contribution is 2.35. The molecule has 0 unspecified atom stereocenters. The van der Waals surface area contributed by atoms with E-state index in [1.807, 2.05) is 13.8 Å². The van der Waals surface area contributed by atoms with Crippen LogP contribution in [-0.4, -0.2) is 19.4 Å². The molecule has 0 amide bonds. The number of hydrogen-bond donors (Lipinski definition) is 0. The summed E-state index contributed by atoms with van der Waals surface area (Å²) >= 11 is 0. The first-order valence-electron chi connectivity index (χ1n) is 5.86. The molecule has 0 radical (unpaired) electrons. The lowest BCUT2D eigenvalue weighted by molar-refractivity contribution is -0.137. The van der Waals surface area contributed by atoms with Crippen molar-refractivity contribution in [1.82, 2.24) is 0 Å². The van der Waals surface area contributed by atoms with Crippen LogP contribution in [0.5, 0.6) is 0 Å². The molecule has 0 fully saturated rings. The zero-order chi connectivity index (χ0) is 13.8. The zero-order valence-corrected chi connectivity index (χ0v) is 10.4. The van der Waals surface area contributed by atoms with Crippen molar-refractivity contribution in [2.75, 3.05) is 18.0 Å². The summed E-state index contributed by atoms with van der Waals surface area (Å²) in [6.07, 6.45) is -3.41. The Morgan fingerprint density at radius 3 is 2.39 bits per heavy atom. The van der Waals surface area contributed by atoms with Gasteiger partial charge in [0.25, 0.3) is 0 Å². The van der Waals surface area contributed by atoms with Crippen molar-refractivity contribution in [3.05, 3.63) is 29.3 Å². The summed E-state index contributed by atoms with van der Waals surface area (Å²) in [6, 6.07) is 3.83. The molecule has 1 aromatic rings. The molecule has 100 valence electrons. The van der Waals surface area contributed by atoms with Crippen LogP contribution in [0, 0.1) is 0 Å². The predicted molar refractivity (Wildman–Crippen MR) is 65.0 cm³/mol. The van der Waals surface area contributed by atoms with E-state index < -0.39 is 11.7 Å². The molecule has 0 N–H and O–H groups in total. The van der Waals surface area contributed by atoms with E-state index in [9.17, 15) is 18.0 Å². The third-order valence-corrected chi connectivity index (χ3v) is 2.72. The second-order valence-corrected chi connectivity index (χ2v) is 3.93. The molecule has 0 aliphatic heterocycles. The van der Waals surface area contributed by atoms with E-state index in [-0.39, 0.29) is 11.8 Å². The molecule has 5 heteroatoms. The Labute approximate surface area is 104 Å². The van der Waals surface area contributed by atoms with Gasteiger partial charge in [-0.25, -0.2) is 0 Å². The molecule has 1 rings (SSSR count). The van der Waals surface area contributed by atoms with Crippen molar-refractivity contribution in [3.63, 3.8) is 0 Å². The SMILES string of the molecule is CCCN(CC)c1cccc(C(F)(F)F)c1C=O. The first kappa shape index (κ1) is 14.5. The average molecular weight is 259 g/mol. The van der Waals surface area contributed by atoms with Crippen molar-refractivity contribution < 1.29 is 18.0 Å². The van der Waals surface area contributed by atoms with Gasteiger partial charge < -0.3 is 4.90 Å². The summed E-state index contributed by atoms with van der Waals surface area (Å²) in [5, 5.41) is 0. The lowest BCUT2D eigenvalue weighted by Gasteiger charge is -2.25. The van der Waals surface area contributed by atoms with E-state index in [0.29, 0.717) is 18.8 Å². The Balaban J connectivity index is 3.32. The van der Waals surface area contributed by atoms with E-state index >= 15 is 0 Å². The Morgan fingerprint density at radius 2 is 1.94 bits per heavy atom. The van der Waals surface area contributed by atoms with Crippen molar-refractivity contribution in [1.29, 1.82) is 0 Å². The van der Waals surface area contributed by atoms with E-state index in [0.717, 1.165) is 12.5 Å². The van der Waals surface area contributed by atoms with E-state index in [1.165, 1.54) is 6.07 Å². The number of aldehydes is 1. The second kappa shape index (κ2) is 5.89. The van der Waals surface area contributed by atoms with Crippen LogP contribution in [0.1, 0.15) is 36.2 Å². The maximum absolute atomic E-state index is 12.8. The number of nitrogens with zero attached hydrogens (tertiary/aromatic N) is 1. The minimum absolute atomic E-state index is 0.277. The number of anilines is 1. The summed E-state index contributed by atoms with van der Waals surface area (Å²) in [6.45, 7) is 4.98. The highest BCUT2D eigenvalue weighted by Gasteiger charge is 2.34. The molecule has 18 heavy (non-hydrogen) atoms. The third-order valence-electron chi connectivity index (χ3n) is 2.72. The van der Waals surface area contributed by atoms with Gasteiger partial charge in [-0.15, -0.1) is 0 Å². The smallest absolute Gasteiger partial charge is 0.371 e. The van der Waals surface area contributed by atoms with Crippen molar-refractivity contribution in [3.8, 4) is 0 Å². The van der Waals surface area contributed by atoms with Crippen LogP contribution in [0.25, 0.3) is 0 Å². The summed E-state index contributed by atoms with van der Waals surface area (Å²) in [7, 11) is 0. The first-order chi connectivity index (χ1) is 8.45. The van der Waals surface area contributed by atoms with Gasteiger partial charge in [-0.2, -0.15) is 13.2 Å². The van der Waals surface area contributed by atoms with E-state index in [4.69, 9.17) is 0 Å². The number of rotatable bonds is 5. The molecule has 0 aliphatic carbocycles. The maximum atomic E-state index is 12.8. The number of carbonyl (C=O) groups excluding carboxylic acids is 1. The number of alkyl halides is 3. The van der Waals surface area contributed by atoms with Gasteiger partial charge in [-0.05, 0) is 25.5 Å². The molecule has 0 spiro atoms. The minimum atomic E-state index is -4.50. The highest BCUT2D eigenvalue weighted by molar-refractivity contribution is 5.87. The quantitative estimate of drug-likeness (QED) is 0.750. The predicted octanol–water partition coefficient (Wildman–Crippen LogP) is 3.75. The monoisotopic (exact) mass is 259 g/mol. The van der Waals surface area contributed by atoms with Crippen LogP contribution in [0.3, 0.4) is 0 Å². The number of halogens is 3. The van der Waals surface area contributed by atoms with E-state index in [2.05, 4.69) is 0 Å². The fraction of sp³-hybridized carbons (Fsp3) is 0.462. The standard InChI is InChI=1S/C13H16F3NO/c1-3-8-17(4-2)12-7-5-6-11(10(12)9-18)13(14,15)16/h5-7,9H,3-4,8H2,1-2H3. The minimum Gasteiger partial charge on any atom is -0.371 e. The largest absolute Gasteiger partial charge is 0.417 e. The fourth-order valence-electron chi connectivity index (χ4n) is 1.92. The summed E-state index contributed by atoms with van der Waals surface area (Å²) < 4.78 is 38.4. The van der Waals surface area contributed by atoms with Gasteiger partial charge in [0.05, 0.1) is 5.56 Å². The Morgan fingerprint density at radius 1 is 1.28 bits per heavy atom. The fourth-order valence-corrected chi connectivity index (χ4v) is 1.92. The van der Waals surface area contributed by atoms with Crippen LogP contribution in [-0.2, 0) is 6.18 Å². The molecule has 0 aliphatic rings. The van der Waals surface area contributed by atoms with Gasteiger partial charge in [0.1, 0.15) is 0 Å². The maximum Gasteiger partial charge on any atom is 0.417 e. The van der Waals surface area contributed by atoms with Crippen LogP contribution in [0.15, 0.2) is 18.2 Å². The molecule has 1 aromatic carbocycles. The molecule has 0 saturated heterocycles. The number of benzene rings is 1. The zero-order valence-electron chi connectivity index (χ0n) is 10.4. The highest BCUT2D eigenvalue weighted by atomic mass is 19.4. The Bertz CT molecular complexity index is 415. The number of carbonyl (C=O) groups is 1. The van der Waals surface area contributed by atoms with Crippen molar-refractivity contribution in [2.45, 2.75) is 26.4 Å². The Kier molecular flexibility index (Phi) is 4.76. The van der Waals surface area contributed by atoms with E-state index in [1.54, 1.807) is 11.0 Å². The van der Waals surface area contributed by atoms with Gasteiger partial charge in [-0.1, -0.05) is 13.0 Å². The lowest BCUT2D eigenvalue weighted by Crippen LogP contribution is -2.25. The topological polar surface area (TPSA) is 20.3 Å². The molecule has 0 aromatic heterocycles. The number of hydrogen-bond acceptors (Lipinski definition) is 2. The van der Waals surface area contributed by atoms with Crippen LogP contribution < -0.4 is 4.90 Å².